The van der Waals surface area contributed by atoms with Crippen LogP contribution >= 0.6 is 0 Å². The van der Waals surface area contributed by atoms with Crippen LogP contribution in [0.5, 0.6) is 0 Å². The van der Waals surface area contributed by atoms with E-state index in [0.29, 0.717) is 0 Å². The van der Waals surface area contributed by atoms with Crippen LogP contribution in [0, 0.1) is 0 Å². The maximum Gasteiger partial charge on any atom is 0.408 e. The summed E-state index contributed by atoms with van der Waals surface area (Å²) < 4.78 is 5.11. The molecular formula is C12H21NO2. The van der Waals surface area contributed by atoms with E-state index in [1.54, 1.807) is 6.08 Å². The fourth-order valence-electron chi connectivity index (χ4n) is 1.51. The predicted molar refractivity (Wildman–Crippen MR) is 62.8 cm³/mol. The highest BCUT2D eigenvalue weighted by atomic mass is 16.6. The van der Waals surface area contributed by atoms with Crippen molar-refractivity contribution in [2.75, 3.05) is 0 Å². The van der Waals surface area contributed by atoms with Crippen molar-refractivity contribution in [1.82, 2.24) is 5.32 Å². The smallest absolute Gasteiger partial charge is 0.408 e. The highest BCUT2D eigenvalue weighted by Crippen LogP contribution is 2.26. The van der Waals surface area contributed by atoms with Gasteiger partial charge in [0.05, 0.1) is 6.04 Å². The lowest BCUT2D eigenvalue weighted by Gasteiger charge is -2.24. The van der Waals surface area contributed by atoms with Crippen LogP contribution in [0.25, 0.3) is 0 Å². The van der Waals surface area contributed by atoms with Gasteiger partial charge in [0.15, 0.2) is 0 Å². The van der Waals surface area contributed by atoms with Crippen molar-refractivity contribution in [3.05, 3.63) is 24.3 Å². The topological polar surface area (TPSA) is 38.3 Å². The fraction of sp³-hybridized carbons (Fsp3) is 0.583. The molecule has 1 rings (SSSR count). The lowest BCUT2D eigenvalue weighted by molar-refractivity contribution is 0.0752. The third-order valence-corrected chi connectivity index (χ3v) is 2.22. The lowest BCUT2D eigenvalue weighted by Crippen LogP contribution is -2.39. The molecule has 1 saturated heterocycles. The van der Waals surface area contributed by atoms with Crippen molar-refractivity contribution in [2.24, 2.45) is 0 Å². The van der Waals surface area contributed by atoms with E-state index in [1.807, 2.05) is 40.7 Å². The van der Waals surface area contributed by atoms with Gasteiger partial charge in [0, 0.05) is 0 Å². The zero-order valence-electron chi connectivity index (χ0n) is 10.3. The molecule has 0 spiro atoms. The van der Waals surface area contributed by atoms with Gasteiger partial charge in [-0.1, -0.05) is 32.6 Å². The average Bonchev–Trinajstić information content (AvgIpc) is 2.46. The SMILES string of the molecule is C=C/C(=C\C)[C@@H]1NC(=O)OC1(C)C.CC. The normalized spacial score (nSPS) is 23.4. The second-order valence-corrected chi connectivity index (χ2v) is 3.56. The molecule has 1 amide bonds. The summed E-state index contributed by atoms with van der Waals surface area (Å²) >= 11 is 0. The monoisotopic (exact) mass is 211 g/mol. The van der Waals surface area contributed by atoms with Crippen LogP contribution in [0.3, 0.4) is 0 Å². The van der Waals surface area contributed by atoms with Crippen molar-refractivity contribution in [3.8, 4) is 0 Å². The second-order valence-electron chi connectivity index (χ2n) is 3.56. The van der Waals surface area contributed by atoms with Crippen molar-refractivity contribution in [2.45, 2.75) is 46.3 Å². The van der Waals surface area contributed by atoms with Crippen molar-refractivity contribution < 1.29 is 9.53 Å². The minimum atomic E-state index is -0.493. The van der Waals surface area contributed by atoms with E-state index in [1.165, 1.54) is 0 Å². The summed E-state index contributed by atoms with van der Waals surface area (Å²) in [6.45, 7) is 13.4. The van der Waals surface area contributed by atoms with Crippen LogP contribution in [0.15, 0.2) is 24.3 Å². The molecule has 86 valence electrons. The zero-order valence-corrected chi connectivity index (χ0v) is 10.3. The molecule has 0 aromatic heterocycles. The van der Waals surface area contributed by atoms with Crippen LogP contribution in [0.4, 0.5) is 4.79 Å². The predicted octanol–water partition coefficient (Wildman–Crippen LogP) is 3.03. The molecule has 0 bridgehead atoms. The molecule has 0 radical (unpaired) electrons. The summed E-state index contributed by atoms with van der Waals surface area (Å²) in [6.07, 6.45) is 3.30. The molecular weight excluding hydrogens is 190 g/mol. The Morgan fingerprint density at radius 3 is 2.33 bits per heavy atom. The maximum atomic E-state index is 11.0. The second kappa shape index (κ2) is 5.59. The molecule has 0 saturated carbocycles. The molecule has 0 aliphatic carbocycles. The number of carbonyl (C=O) groups excluding carboxylic acids is 1. The number of allylic oxidation sites excluding steroid dienone is 1. The summed E-state index contributed by atoms with van der Waals surface area (Å²) in [5, 5.41) is 2.75. The summed E-state index contributed by atoms with van der Waals surface area (Å²) in [6, 6.07) is -0.0949. The number of carbonyl (C=O) groups is 1. The number of cyclic esters (lactones) is 1. The Morgan fingerprint density at radius 1 is 1.53 bits per heavy atom. The lowest BCUT2D eigenvalue weighted by atomic mass is 9.92. The van der Waals surface area contributed by atoms with Gasteiger partial charge in [0.2, 0.25) is 0 Å². The maximum absolute atomic E-state index is 11.0. The van der Waals surface area contributed by atoms with E-state index in [2.05, 4.69) is 11.9 Å². The molecule has 0 unspecified atom stereocenters. The van der Waals surface area contributed by atoms with Gasteiger partial charge in [0.1, 0.15) is 5.60 Å². The molecule has 1 fully saturated rings. The summed E-state index contributed by atoms with van der Waals surface area (Å²) in [5.74, 6) is 0. The highest BCUT2D eigenvalue weighted by molar-refractivity contribution is 5.72. The average molecular weight is 211 g/mol. The molecule has 1 N–H and O–H groups in total. The Kier molecular flexibility index (Phi) is 5.12. The van der Waals surface area contributed by atoms with E-state index >= 15 is 0 Å². The van der Waals surface area contributed by atoms with Crippen LogP contribution in [0.1, 0.15) is 34.6 Å². The number of hydrogen-bond donors (Lipinski definition) is 1. The van der Waals surface area contributed by atoms with Gasteiger partial charge in [-0.25, -0.2) is 4.79 Å². The van der Waals surface area contributed by atoms with Gasteiger partial charge in [-0.2, -0.15) is 0 Å². The van der Waals surface area contributed by atoms with E-state index in [9.17, 15) is 4.79 Å². The van der Waals surface area contributed by atoms with Crippen molar-refractivity contribution in [3.63, 3.8) is 0 Å². The Morgan fingerprint density at radius 2 is 2.07 bits per heavy atom. The number of amides is 1. The molecule has 0 aromatic rings. The number of nitrogens with one attached hydrogen (secondary N) is 1. The van der Waals surface area contributed by atoms with Crippen LogP contribution in [-0.4, -0.2) is 17.7 Å². The largest absolute Gasteiger partial charge is 0.441 e. The van der Waals surface area contributed by atoms with Gasteiger partial charge < -0.3 is 10.1 Å². The minimum Gasteiger partial charge on any atom is -0.441 e. The van der Waals surface area contributed by atoms with Crippen molar-refractivity contribution >= 4 is 6.09 Å². The minimum absolute atomic E-state index is 0.0949. The van der Waals surface area contributed by atoms with E-state index in [4.69, 9.17) is 4.74 Å². The summed E-state index contributed by atoms with van der Waals surface area (Å²) in [7, 11) is 0. The molecule has 0 aromatic carbocycles. The third-order valence-electron chi connectivity index (χ3n) is 2.22. The first-order valence-electron chi connectivity index (χ1n) is 5.29. The number of hydrogen-bond acceptors (Lipinski definition) is 2. The molecule has 15 heavy (non-hydrogen) atoms. The van der Waals surface area contributed by atoms with Gasteiger partial charge in [0.25, 0.3) is 0 Å². The van der Waals surface area contributed by atoms with Crippen LogP contribution < -0.4 is 5.32 Å². The van der Waals surface area contributed by atoms with Crippen molar-refractivity contribution in [1.29, 1.82) is 0 Å². The number of alkyl carbamates (subject to hydrolysis) is 1. The highest BCUT2D eigenvalue weighted by Gasteiger charge is 2.42. The van der Waals surface area contributed by atoms with Gasteiger partial charge in [-0.05, 0) is 26.3 Å². The zero-order chi connectivity index (χ0) is 12.1. The van der Waals surface area contributed by atoms with Gasteiger partial charge >= 0.3 is 6.09 Å². The third kappa shape index (κ3) is 3.11. The molecule has 1 atom stereocenters. The Labute approximate surface area is 92.2 Å². The van der Waals surface area contributed by atoms with Crippen LogP contribution in [-0.2, 0) is 4.74 Å². The molecule has 3 nitrogen and oxygen atoms in total. The summed E-state index contributed by atoms with van der Waals surface area (Å²) in [5.41, 5.74) is 0.489. The molecule has 1 aliphatic rings. The van der Waals surface area contributed by atoms with Gasteiger partial charge in [-0.3, -0.25) is 0 Å². The fourth-order valence-corrected chi connectivity index (χ4v) is 1.51. The Hall–Kier alpha value is -1.25. The first-order valence-corrected chi connectivity index (χ1v) is 5.29. The number of ether oxygens (including phenoxy) is 1. The summed E-state index contributed by atoms with van der Waals surface area (Å²) in [4.78, 5) is 11.0. The first kappa shape index (κ1) is 13.8. The molecule has 3 heteroatoms. The first-order chi connectivity index (χ1) is 7.01. The standard InChI is InChI=1S/C10H15NO2.C2H6/c1-5-7(6-2)8-10(3,4)13-9(12)11-8;1-2/h5-6,8H,1H2,2-4H3,(H,11,12);1-2H3/b7-6+;/t8-;/m0./s1. The quantitative estimate of drug-likeness (QED) is 0.713. The van der Waals surface area contributed by atoms with Gasteiger partial charge in [-0.15, -0.1) is 0 Å². The van der Waals surface area contributed by atoms with E-state index < -0.39 is 5.60 Å². The number of rotatable bonds is 2. The molecule has 1 heterocycles. The van der Waals surface area contributed by atoms with Crippen LogP contribution in [0.2, 0.25) is 0 Å². The van der Waals surface area contributed by atoms with E-state index in [0.717, 1.165) is 5.57 Å². The molecule has 1 aliphatic heterocycles. The Balaban J connectivity index is 0.000000921. The Bertz CT molecular complexity index is 267. The van der Waals surface area contributed by atoms with E-state index in [-0.39, 0.29) is 12.1 Å².